The van der Waals surface area contributed by atoms with Gasteiger partial charge in [-0.3, -0.25) is 4.79 Å². The number of likely N-dealkylation sites (N-methyl/N-ethyl adjacent to an activating group) is 1. The minimum Gasteiger partial charge on any atom is -0.388 e. The molecule has 450 valence electrons. The maximum atomic E-state index is 14.8. The number of rotatable bonds is 19. The molecule has 0 radical (unpaired) electrons. The predicted octanol–water partition coefficient (Wildman–Crippen LogP) is 7.92. The first-order valence-corrected chi connectivity index (χ1v) is 32.4. The van der Waals surface area contributed by atoms with Crippen LogP contribution in [0.2, 0.25) is 0 Å². The van der Waals surface area contributed by atoms with E-state index in [-0.39, 0.29) is 56.2 Å². The van der Waals surface area contributed by atoms with E-state index in [1.54, 1.807) is 39.5 Å². The fourth-order valence-electron chi connectivity index (χ4n) is 14.2. The summed E-state index contributed by atoms with van der Waals surface area (Å²) in [5.41, 5.74) is -4.73. The van der Waals surface area contributed by atoms with E-state index in [1.165, 1.54) is 29.9 Å². The van der Waals surface area contributed by atoms with Crippen molar-refractivity contribution in [1.82, 2.24) is 9.80 Å². The van der Waals surface area contributed by atoms with Crippen molar-refractivity contribution >= 4 is 35.1 Å². The molecular weight excluding hydrogens is 1030 g/mol. The molecular formula is C65H103N2O12P. The van der Waals surface area contributed by atoms with Crippen molar-refractivity contribution in [2.24, 2.45) is 23.7 Å². The number of benzene rings is 3. The summed E-state index contributed by atoms with van der Waals surface area (Å²) in [6, 6.07) is 31.9. The molecule has 0 aliphatic carbocycles. The monoisotopic (exact) mass is 1130 g/mol. The van der Waals surface area contributed by atoms with Crippen molar-refractivity contribution in [1.29, 1.82) is 0 Å². The van der Waals surface area contributed by atoms with Crippen molar-refractivity contribution in [2.45, 2.75) is 230 Å². The number of carbonyl (C=O) groups excluding carboxylic acids is 2. The molecule has 0 spiro atoms. The molecule has 0 bridgehead atoms. The Balaban J connectivity index is 1.21. The maximum absolute atomic E-state index is 14.8. The molecule has 14 nitrogen and oxygen atoms in total. The zero-order valence-electron chi connectivity index (χ0n) is 50.7. The zero-order valence-corrected chi connectivity index (χ0v) is 51.7. The number of ether oxygens (including phenoxy) is 5. The van der Waals surface area contributed by atoms with Gasteiger partial charge in [0.2, 0.25) is 0 Å². The van der Waals surface area contributed by atoms with Crippen molar-refractivity contribution in [3.8, 4) is 0 Å². The van der Waals surface area contributed by atoms with Gasteiger partial charge in [0.25, 0.3) is 0 Å². The molecule has 15 heteroatoms. The van der Waals surface area contributed by atoms with Crippen LogP contribution in [0.1, 0.15) is 146 Å². The van der Waals surface area contributed by atoms with Crippen LogP contribution in [0.25, 0.3) is 0 Å². The number of nitrogens with zero attached hydrogens (tertiary/aromatic N) is 2. The molecule has 1 amide bonds. The van der Waals surface area contributed by atoms with Crippen LogP contribution < -0.4 is 15.9 Å². The number of amides is 1. The van der Waals surface area contributed by atoms with Gasteiger partial charge in [0.05, 0.1) is 41.5 Å². The number of hydrogen-bond donors (Lipinski definition) is 5. The van der Waals surface area contributed by atoms with E-state index >= 15 is 0 Å². The fraction of sp³-hybridized carbons (Fsp3) is 0.692. The van der Waals surface area contributed by atoms with E-state index in [2.05, 4.69) is 91.0 Å². The molecule has 3 aromatic rings. The summed E-state index contributed by atoms with van der Waals surface area (Å²) in [6.07, 6.45) is 0.391. The average molecular weight is 1140 g/mol. The number of cyclic esters (lactones) is 1. The molecule has 18 atom stereocenters. The molecule has 3 aliphatic rings. The average Bonchev–Trinajstić information content (AvgIpc) is 3.43. The fourth-order valence-corrected chi connectivity index (χ4v) is 19.1. The number of aliphatic hydroxyl groups is 5. The standard InChI is InChI=1S/C65H103N2O12P/c1-14-54-65(10,74)58(70)47(6)67(55(68)37-29-18-16-15-17-19-30-38-80(49-31-23-20-24-32-49,50-33-25-21-26-34-50)51-35-27-22-28-36-51)42-43(2)40-63(8,73)60(79-62-57(69)52(66(11)12)39-44(3)76-62)45(4)56(46(5)61(72)78-54)53-41-64(9,75-13)59(71)48(7)77-53/h20-28,31-36,43-48,52-54,56-60,62,69-71,73-74,80H,14-19,29-30,37-42H2,1-13H3/t43-,44-,45+,46-,47-,48+,52+,53?,54-,56+,57-,58-,59+,60-,62+,63-,64-,65-/m1/s1. The molecule has 1 unspecified atom stereocenters. The number of carbonyl (C=O) groups is 2. The minimum atomic E-state index is -2.30. The number of aliphatic hydroxyl groups excluding tert-OH is 3. The van der Waals surface area contributed by atoms with Crippen molar-refractivity contribution in [2.75, 3.05) is 33.9 Å². The Morgan fingerprint density at radius 2 is 1.27 bits per heavy atom. The SMILES string of the molecule is CC[C@H]1OC(=O)[C@H](C)[C@@H](C2C[C@@](C)(OC)[C@@H](O)[C@H](C)O2)[C@H](C)[C@@H](O[C@@H]2O[C@H](C)C[C@H](N(C)C)[C@H]2O)[C@](C)(O)C[C@@H](C)CN(C(=O)CCCCCCCCC[PH](c2ccccc2)(c2ccccc2)c2ccccc2)[C@H](C)[C@@H](O)[C@]1(C)O. The Kier molecular flexibility index (Phi) is 23.8. The Hall–Kier alpha value is -3.37. The number of unbranched alkanes of at least 4 members (excludes halogenated alkanes) is 6. The topological polar surface area (TPSA) is 188 Å². The van der Waals surface area contributed by atoms with Crippen LogP contribution in [0, 0.1) is 23.7 Å². The van der Waals surface area contributed by atoms with E-state index in [0.717, 1.165) is 44.7 Å². The Bertz CT molecular complexity index is 2250. The van der Waals surface area contributed by atoms with Gasteiger partial charge in [0, 0.05) is 25.5 Å². The van der Waals surface area contributed by atoms with Gasteiger partial charge in [-0.15, -0.1) is 0 Å². The summed E-state index contributed by atoms with van der Waals surface area (Å²) in [6.45, 7) is 17.8. The molecule has 5 N–H and O–H groups in total. The molecule has 3 saturated heterocycles. The van der Waals surface area contributed by atoms with E-state index in [9.17, 15) is 35.1 Å². The van der Waals surface area contributed by atoms with Crippen LogP contribution in [-0.4, -0.2) is 165 Å². The minimum absolute atomic E-state index is 0.103. The van der Waals surface area contributed by atoms with Crippen LogP contribution in [0.5, 0.6) is 0 Å². The molecule has 3 fully saturated rings. The van der Waals surface area contributed by atoms with E-state index in [4.69, 9.17) is 23.7 Å². The molecule has 6 rings (SSSR count). The molecule has 0 aromatic heterocycles. The number of esters is 1. The second-order valence-corrected chi connectivity index (χ2v) is 29.4. The Labute approximate surface area is 480 Å². The predicted molar refractivity (Wildman–Crippen MR) is 320 cm³/mol. The van der Waals surface area contributed by atoms with Crippen molar-refractivity contribution in [3.05, 3.63) is 91.0 Å². The summed E-state index contributed by atoms with van der Waals surface area (Å²) in [5.74, 6) is -3.64. The van der Waals surface area contributed by atoms with Gasteiger partial charge in [-0.2, -0.15) is 0 Å². The third kappa shape index (κ3) is 15.3. The summed E-state index contributed by atoms with van der Waals surface area (Å²) in [5, 5.41) is 65.2. The van der Waals surface area contributed by atoms with Crippen molar-refractivity contribution in [3.63, 3.8) is 0 Å². The molecule has 3 aliphatic heterocycles. The molecule has 3 aromatic carbocycles. The number of hydrogen-bond acceptors (Lipinski definition) is 13. The second-order valence-electron chi connectivity index (χ2n) is 25.3. The Morgan fingerprint density at radius 3 is 1.79 bits per heavy atom. The smallest absolute Gasteiger partial charge is 0.388 e. The first kappa shape index (κ1) is 65.8. The molecule has 3 heterocycles. The van der Waals surface area contributed by atoms with Gasteiger partial charge in [-0.1, -0.05) is 27.7 Å². The zero-order chi connectivity index (χ0) is 58.7. The molecule has 0 saturated carbocycles. The third-order valence-corrected chi connectivity index (χ3v) is 23.9. The van der Waals surface area contributed by atoms with Gasteiger partial charge in [-0.25, -0.2) is 0 Å². The van der Waals surface area contributed by atoms with Crippen LogP contribution >= 0.6 is 7.26 Å². The normalized spacial score (nSPS) is 36.4. The first-order valence-electron chi connectivity index (χ1n) is 30.2. The van der Waals surface area contributed by atoms with Gasteiger partial charge in [0.1, 0.15) is 30.0 Å². The number of methoxy groups -OCH3 is 1. The van der Waals surface area contributed by atoms with Gasteiger partial charge >= 0.3 is 206 Å². The van der Waals surface area contributed by atoms with Gasteiger partial charge in [-0.05, 0) is 86.7 Å². The van der Waals surface area contributed by atoms with Gasteiger partial charge < -0.3 is 54.1 Å². The van der Waals surface area contributed by atoms with Crippen LogP contribution in [0.4, 0.5) is 0 Å². The quantitative estimate of drug-likeness (QED) is 0.0443. The van der Waals surface area contributed by atoms with E-state index < -0.39 is 103 Å². The Morgan fingerprint density at radius 1 is 0.750 bits per heavy atom. The summed E-state index contributed by atoms with van der Waals surface area (Å²) in [7, 11) is 3.02. The third-order valence-electron chi connectivity index (χ3n) is 18.8. The van der Waals surface area contributed by atoms with Crippen molar-refractivity contribution < 1.29 is 58.8 Å². The van der Waals surface area contributed by atoms with Crippen LogP contribution in [-0.2, 0) is 33.3 Å². The summed E-state index contributed by atoms with van der Waals surface area (Å²) >= 11 is 0. The second kappa shape index (κ2) is 28.9. The van der Waals surface area contributed by atoms with E-state index in [1.807, 2.05) is 46.7 Å². The summed E-state index contributed by atoms with van der Waals surface area (Å²) in [4.78, 5) is 33.1. The van der Waals surface area contributed by atoms with Crippen LogP contribution in [0.15, 0.2) is 91.0 Å². The summed E-state index contributed by atoms with van der Waals surface area (Å²) < 4.78 is 32.2. The van der Waals surface area contributed by atoms with E-state index in [0.29, 0.717) is 12.8 Å². The first-order chi connectivity index (χ1) is 37.8. The van der Waals surface area contributed by atoms with Crippen LogP contribution in [0.3, 0.4) is 0 Å². The molecule has 80 heavy (non-hydrogen) atoms. The van der Waals surface area contributed by atoms with Gasteiger partial charge in [0.15, 0.2) is 6.29 Å².